The molecule has 0 aromatic carbocycles. The number of aromatic nitrogens is 1. The summed E-state index contributed by atoms with van der Waals surface area (Å²) in [5.41, 5.74) is 0.687. The van der Waals surface area contributed by atoms with Crippen molar-refractivity contribution in [3.8, 4) is 0 Å². The third-order valence-corrected chi connectivity index (χ3v) is 3.51. The lowest BCUT2D eigenvalue weighted by molar-refractivity contribution is -0.143. The van der Waals surface area contributed by atoms with Crippen LogP contribution in [0.4, 0.5) is 5.13 Å². The van der Waals surface area contributed by atoms with Crippen LogP contribution in [0.1, 0.15) is 32.9 Å². The molecule has 0 radical (unpaired) electrons. The maximum Gasteiger partial charge on any atom is 0.306 e. The van der Waals surface area contributed by atoms with Crippen molar-refractivity contribution in [3.63, 3.8) is 0 Å². The monoisotopic (exact) mass is 286 g/mol. The minimum Gasteiger partial charge on any atom is -0.466 e. The molecule has 0 fully saturated rings. The Kier molecular flexibility index (Phi) is 6.24. The first-order valence-corrected chi connectivity index (χ1v) is 7.24. The number of thiazole rings is 1. The minimum absolute atomic E-state index is 0.175. The second kappa shape index (κ2) is 7.45. The molecule has 0 aliphatic heterocycles. The molecule has 1 aromatic rings. The van der Waals surface area contributed by atoms with Gasteiger partial charge in [0.2, 0.25) is 0 Å². The summed E-state index contributed by atoms with van der Waals surface area (Å²) in [6, 6.07) is 0. The number of ether oxygens (including phenoxy) is 2. The van der Waals surface area contributed by atoms with Gasteiger partial charge in [-0.15, -0.1) is 11.3 Å². The average molecular weight is 286 g/mol. The van der Waals surface area contributed by atoms with E-state index in [1.54, 1.807) is 14.0 Å². The summed E-state index contributed by atoms with van der Waals surface area (Å²) in [6.45, 7) is 6.94. The predicted octanol–water partition coefficient (Wildman–Crippen LogP) is 2.48. The molecule has 108 valence electrons. The fourth-order valence-electron chi connectivity index (χ4n) is 1.33. The number of nitrogens with zero attached hydrogens (tertiary/aromatic N) is 1. The number of methoxy groups -OCH3 is 1. The fraction of sp³-hybridized carbons (Fsp3) is 0.692. The summed E-state index contributed by atoms with van der Waals surface area (Å²) in [5, 5.41) is 6.05. The summed E-state index contributed by atoms with van der Waals surface area (Å²) in [6.07, 6.45) is 0.991. The summed E-state index contributed by atoms with van der Waals surface area (Å²) in [7, 11) is 1.69. The first kappa shape index (κ1) is 15.9. The third-order valence-electron chi connectivity index (χ3n) is 2.66. The molecule has 0 saturated heterocycles. The number of anilines is 1. The number of hydrogen-bond donors (Lipinski definition) is 1. The molecule has 1 aromatic heterocycles. The topological polar surface area (TPSA) is 60.5 Å². The van der Waals surface area contributed by atoms with Crippen molar-refractivity contribution < 1.29 is 14.3 Å². The molecule has 0 atom stereocenters. The molecule has 5 nitrogen and oxygen atoms in total. The molecule has 0 amide bonds. The quantitative estimate of drug-likeness (QED) is 0.744. The van der Waals surface area contributed by atoms with Gasteiger partial charge in [0.25, 0.3) is 0 Å². The zero-order valence-corrected chi connectivity index (χ0v) is 12.8. The second-order valence-corrected chi connectivity index (χ2v) is 5.62. The van der Waals surface area contributed by atoms with Crippen molar-refractivity contribution in [2.45, 2.75) is 39.2 Å². The third kappa shape index (κ3) is 6.02. The number of rotatable bonds is 8. The first-order chi connectivity index (χ1) is 8.96. The van der Waals surface area contributed by atoms with Gasteiger partial charge in [-0.3, -0.25) is 4.79 Å². The summed E-state index contributed by atoms with van der Waals surface area (Å²) < 4.78 is 10.2. The van der Waals surface area contributed by atoms with Crippen LogP contribution in [0.3, 0.4) is 0 Å². The summed E-state index contributed by atoms with van der Waals surface area (Å²) in [4.78, 5) is 15.7. The SMILES string of the molecule is CCOC(=O)CCc1csc(NCC(C)(C)OC)n1. The van der Waals surface area contributed by atoms with E-state index in [2.05, 4.69) is 10.3 Å². The molecule has 1 rings (SSSR count). The average Bonchev–Trinajstić information content (AvgIpc) is 2.83. The van der Waals surface area contributed by atoms with Crippen LogP contribution in [0.5, 0.6) is 0 Å². The molecule has 0 bridgehead atoms. The Morgan fingerprint density at radius 3 is 2.89 bits per heavy atom. The van der Waals surface area contributed by atoms with Gasteiger partial charge in [-0.25, -0.2) is 4.98 Å². The Morgan fingerprint density at radius 2 is 2.26 bits per heavy atom. The molecular weight excluding hydrogens is 264 g/mol. The standard InChI is InChI=1S/C13H22N2O3S/c1-5-18-11(16)7-6-10-8-19-12(15-10)14-9-13(2,3)17-4/h8H,5-7,9H2,1-4H3,(H,14,15). The zero-order valence-electron chi connectivity index (χ0n) is 12.0. The number of carbonyl (C=O) groups is 1. The molecule has 0 aliphatic carbocycles. The Hall–Kier alpha value is -1.14. The van der Waals surface area contributed by atoms with Gasteiger partial charge in [-0.1, -0.05) is 0 Å². The molecule has 0 saturated carbocycles. The van der Waals surface area contributed by atoms with Gasteiger partial charge >= 0.3 is 5.97 Å². The van der Waals surface area contributed by atoms with Crippen LogP contribution in [-0.2, 0) is 20.7 Å². The Morgan fingerprint density at radius 1 is 1.53 bits per heavy atom. The fourth-order valence-corrected chi connectivity index (χ4v) is 2.07. The number of esters is 1. The molecule has 0 spiro atoms. The van der Waals surface area contributed by atoms with E-state index in [0.717, 1.165) is 10.8 Å². The van der Waals surface area contributed by atoms with E-state index in [9.17, 15) is 4.79 Å². The highest BCUT2D eigenvalue weighted by Crippen LogP contribution is 2.18. The van der Waals surface area contributed by atoms with E-state index < -0.39 is 0 Å². The van der Waals surface area contributed by atoms with Crippen LogP contribution >= 0.6 is 11.3 Å². The molecular formula is C13H22N2O3S. The molecule has 19 heavy (non-hydrogen) atoms. The minimum atomic E-state index is -0.225. The van der Waals surface area contributed by atoms with Crippen molar-refractivity contribution in [2.24, 2.45) is 0 Å². The highest BCUT2D eigenvalue weighted by atomic mass is 32.1. The lowest BCUT2D eigenvalue weighted by Crippen LogP contribution is -2.32. The van der Waals surface area contributed by atoms with Crippen molar-refractivity contribution >= 4 is 22.4 Å². The van der Waals surface area contributed by atoms with Crippen LogP contribution < -0.4 is 5.32 Å². The molecule has 6 heteroatoms. The van der Waals surface area contributed by atoms with Gasteiger partial charge in [-0.05, 0) is 20.8 Å². The normalized spacial score (nSPS) is 11.4. The van der Waals surface area contributed by atoms with Gasteiger partial charge < -0.3 is 14.8 Å². The van der Waals surface area contributed by atoms with Crippen LogP contribution in [0.25, 0.3) is 0 Å². The van der Waals surface area contributed by atoms with E-state index in [0.29, 0.717) is 26.0 Å². The molecule has 1 heterocycles. The van der Waals surface area contributed by atoms with E-state index in [-0.39, 0.29) is 11.6 Å². The van der Waals surface area contributed by atoms with Gasteiger partial charge in [0.1, 0.15) is 0 Å². The van der Waals surface area contributed by atoms with Gasteiger partial charge in [0.05, 0.1) is 24.3 Å². The Bertz CT molecular complexity index is 404. The smallest absolute Gasteiger partial charge is 0.306 e. The second-order valence-electron chi connectivity index (χ2n) is 4.77. The van der Waals surface area contributed by atoms with Crippen LogP contribution in [0.15, 0.2) is 5.38 Å². The molecule has 0 unspecified atom stereocenters. The van der Waals surface area contributed by atoms with Crippen molar-refractivity contribution in [2.75, 3.05) is 25.6 Å². The summed E-state index contributed by atoms with van der Waals surface area (Å²) in [5.74, 6) is -0.175. The maximum absolute atomic E-state index is 11.2. The Balaban J connectivity index is 2.38. The van der Waals surface area contributed by atoms with Crippen molar-refractivity contribution in [3.05, 3.63) is 11.1 Å². The Labute approximate surface area is 118 Å². The van der Waals surface area contributed by atoms with Crippen molar-refractivity contribution in [1.29, 1.82) is 0 Å². The van der Waals surface area contributed by atoms with E-state index in [4.69, 9.17) is 9.47 Å². The van der Waals surface area contributed by atoms with Gasteiger partial charge in [0.15, 0.2) is 5.13 Å². The van der Waals surface area contributed by atoms with E-state index >= 15 is 0 Å². The van der Waals surface area contributed by atoms with Crippen LogP contribution in [0.2, 0.25) is 0 Å². The number of hydrogen-bond acceptors (Lipinski definition) is 6. The predicted molar refractivity (Wildman–Crippen MR) is 76.6 cm³/mol. The van der Waals surface area contributed by atoms with Gasteiger partial charge in [0, 0.05) is 25.5 Å². The largest absolute Gasteiger partial charge is 0.466 e. The van der Waals surface area contributed by atoms with Crippen LogP contribution in [-0.4, -0.2) is 36.8 Å². The lowest BCUT2D eigenvalue weighted by Gasteiger charge is -2.22. The van der Waals surface area contributed by atoms with Gasteiger partial charge in [-0.2, -0.15) is 0 Å². The molecule has 0 aliphatic rings. The number of carbonyl (C=O) groups excluding carboxylic acids is 1. The first-order valence-electron chi connectivity index (χ1n) is 6.36. The van der Waals surface area contributed by atoms with Crippen molar-refractivity contribution in [1.82, 2.24) is 4.98 Å². The molecule has 1 N–H and O–H groups in total. The highest BCUT2D eigenvalue weighted by molar-refractivity contribution is 7.13. The summed E-state index contributed by atoms with van der Waals surface area (Å²) >= 11 is 1.54. The van der Waals surface area contributed by atoms with Crippen LogP contribution in [0, 0.1) is 0 Å². The highest BCUT2D eigenvalue weighted by Gasteiger charge is 2.16. The van der Waals surface area contributed by atoms with E-state index in [1.807, 2.05) is 19.2 Å². The lowest BCUT2D eigenvalue weighted by atomic mass is 10.1. The van der Waals surface area contributed by atoms with E-state index in [1.165, 1.54) is 11.3 Å². The maximum atomic E-state index is 11.2. The number of nitrogens with one attached hydrogen (secondary N) is 1. The zero-order chi connectivity index (χ0) is 14.3. The number of aryl methyl sites for hydroxylation is 1.